The number of esters is 1. The molecule has 0 radical (unpaired) electrons. The molecule has 30 heavy (non-hydrogen) atoms. The fourth-order valence-electron chi connectivity index (χ4n) is 2.70. The summed E-state index contributed by atoms with van der Waals surface area (Å²) in [6.45, 7) is 3.28. The van der Waals surface area contributed by atoms with E-state index in [1.165, 1.54) is 36.4 Å². The first-order valence-electron chi connectivity index (χ1n) is 8.77. The number of ether oxygens (including phenoxy) is 1. The summed E-state index contributed by atoms with van der Waals surface area (Å²) in [6.07, 6.45) is -0.789. The monoisotopic (exact) mass is 435 g/mol. The third-order valence-electron chi connectivity index (χ3n) is 3.96. The standard InChI is InChI=1S/C19H18ClN3O7/c1-11(2)30-18(24)10-15(13-5-3-4-6-16(13)22(26)27)21-19(25)12-7-8-14(20)17(9-12)23(28)29/h3-9,11,15H,10H2,1-2H3,(H,21,25). The van der Waals surface area contributed by atoms with E-state index in [2.05, 4.69) is 5.32 Å². The second-order valence-electron chi connectivity index (χ2n) is 6.51. The number of nitrogens with one attached hydrogen (secondary N) is 1. The van der Waals surface area contributed by atoms with E-state index >= 15 is 0 Å². The average Bonchev–Trinajstić information content (AvgIpc) is 2.66. The fourth-order valence-corrected chi connectivity index (χ4v) is 2.89. The Morgan fingerprint density at radius 1 is 1.07 bits per heavy atom. The first-order valence-corrected chi connectivity index (χ1v) is 9.15. The summed E-state index contributed by atoms with van der Waals surface area (Å²) in [5, 5.41) is 24.8. The molecule has 0 bridgehead atoms. The van der Waals surface area contributed by atoms with Crippen molar-refractivity contribution < 1.29 is 24.2 Å². The Morgan fingerprint density at radius 2 is 1.70 bits per heavy atom. The van der Waals surface area contributed by atoms with Crippen LogP contribution in [0.5, 0.6) is 0 Å². The van der Waals surface area contributed by atoms with E-state index in [0.29, 0.717) is 0 Å². The summed E-state index contributed by atoms with van der Waals surface area (Å²) in [4.78, 5) is 46.0. The predicted molar refractivity (Wildman–Crippen MR) is 107 cm³/mol. The average molecular weight is 436 g/mol. The van der Waals surface area contributed by atoms with Crippen LogP contribution in [0, 0.1) is 20.2 Å². The maximum absolute atomic E-state index is 12.7. The van der Waals surface area contributed by atoms with Crippen LogP contribution in [0.4, 0.5) is 11.4 Å². The van der Waals surface area contributed by atoms with Gasteiger partial charge in [0.05, 0.1) is 34.0 Å². The van der Waals surface area contributed by atoms with Gasteiger partial charge in [-0.25, -0.2) is 0 Å². The molecule has 0 fully saturated rings. The van der Waals surface area contributed by atoms with Crippen LogP contribution in [0.2, 0.25) is 5.02 Å². The number of nitro benzene ring substituents is 2. The van der Waals surface area contributed by atoms with Gasteiger partial charge in [0.2, 0.25) is 0 Å². The minimum absolute atomic E-state index is 0.0908. The van der Waals surface area contributed by atoms with Crippen molar-refractivity contribution in [2.24, 2.45) is 0 Å². The minimum atomic E-state index is -1.10. The molecular weight excluding hydrogens is 418 g/mol. The van der Waals surface area contributed by atoms with E-state index in [1.54, 1.807) is 13.8 Å². The number of nitro groups is 2. The van der Waals surface area contributed by atoms with Gasteiger partial charge in [-0.3, -0.25) is 29.8 Å². The number of hydrogen-bond donors (Lipinski definition) is 1. The van der Waals surface area contributed by atoms with E-state index in [-0.39, 0.29) is 28.3 Å². The molecule has 1 atom stereocenters. The zero-order chi connectivity index (χ0) is 22.4. The van der Waals surface area contributed by atoms with Gasteiger partial charge in [0.15, 0.2) is 0 Å². The molecule has 0 saturated heterocycles. The number of rotatable bonds is 8. The van der Waals surface area contributed by atoms with Crippen molar-refractivity contribution in [1.82, 2.24) is 5.32 Å². The highest BCUT2D eigenvalue weighted by molar-refractivity contribution is 6.32. The molecule has 10 nitrogen and oxygen atoms in total. The second-order valence-corrected chi connectivity index (χ2v) is 6.92. The molecule has 0 aliphatic heterocycles. The van der Waals surface area contributed by atoms with Gasteiger partial charge >= 0.3 is 5.97 Å². The van der Waals surface area contributed by atoms with E-state index in [1.807, 2.05) is 0 Å². The van der Waals surface area contributed by atoms with Gasteiger partial charge < -0.3 is 10.1 Å². The van der Waals surface area contributed by atoms with E-state index in [9.17, 15) is 29.8 Å². The Hall–Kier alpha value is -3.53. The number of nitrogens with zero attached hydrogens (tertiary/aromatic N) is 2. The number of carbonyl (C=O) groups is 2. The molecule has 1 amide bonds. The van der Waals surface area contributed by atoms with E-state index < -0.39 is 39.6 Å². The van der Waals surface area contributed by atoms with E-state index in [4.69, 9.17) is 16.3 Å². The highest BCUT2D eigenvalue weighted by atomic mass is 35.5. The van der Waals surface area contributed by atoms with Crippen LogP contribution in [-0.4, -0.2) is 27.8 Å². The molecule has 1 N–H and O–H groups in total. The zero-order valence-electron chi connectivity index (χ0n) is 16.0. The van der Waals surface area contributed by atoms with Crippen molar-refractivity contribution in [2.45, 2.75) is 32.4 Å². The molecule has 0 aliphatic rings. The van der Waals surface area contributed by atoms with Crippen molar-refractivity contribution >= 4 is 34.9 Å². The van der Waals surface area contributed by atoms with Crippen molar-refractivity contribution in [3.05, 3.63) is 78.8 Å². The van der Waals surface area contributed by atoms with Gasteiger partial charge in [-0.2, -0.15) is 0 Å². The number of para-hydroxylation sites is 1. The molecule has 0 aliphatic carbocycles. The molecular formula is C19H18ClN3O7. The van der Waals surface area contributed by atoms with Crippen molar-refractivity contribution in [1.29, 1.82) is 0 Å². The topological polar surface area (TPSA) is 142 Å². The second kappa shape index (κ2) is 9.79. The molecule has 0 spiro atoms. The summed E-state index contributed by atoms with van der Waals surface area (Å²) in [5.41, 5.74) is -0.750. The maximum atomic E-state index is 12.7. The summed E-state index contributed by atoms with van der Waals surface area (Å²) in [7, 11) is 0. The molecule has 0 aromatic heterocycles. The zero-order valence-corrected chi connectivity index (χ0v) is 16.8. The lowest BCUT2D eigenvalue weighted by molar-refractivity contribution is -0.385. The molecule has 1 unspecified atom stereocenters. The summed E-state index contributed by atoms with van der Waals surface area (Å²) in [6, 6.07) is 8.00. The normalized spacial score (nSPS) is 11.6. The predicted octanol–water partition coefficient (Wildman–Crippen LogP) is 3.97. The quantitative estimate of drug-likeness (QED) is 0.375. The van der Waals surface area contributed by atoms with Crippen LogP contribution in [0.25, 0.3) is 0 Å². The number of benzene rings is 2. The highest BCUT2D eigenvalue weighted by Crippen LogP contribution is 2.29. The fraction of sp³-hybridized carbons (Fsp3) is 0.263. The van der Waals surface area contributed by atoms with Crippen LogP contribution >= 0.6 is 11.6 Å². The van der Waals surface area contributed by atoms with Gasteiger partial charge in [-0.1, -0.05) is 29.8 Å². The van der Waals surface area contributed by atoms with Crippen LogP contribution in [0.15, 0.2) is 42.5 Å². The summed E-state index contributed by atoms with van der Waals surface area (Å²) >= 11 is 5.76. The van der Waals surface area contributed by atoms with Crippen molar-refractivity contribution in [2.75, 3.05) is 0 Å². The molecule has 158 valence electrons. The number of hydrogen-bond acceptors (Lipinski definition) is 7. The molecule has 11 heteroatoms. The number of carbonyl (C=O) groups excluding carboxylic acids is 2. The first kappa shape index (κ1) is 22.8. The largest absolute Gasteiger partial charge is 0.463 e. The minimum Gasteiger partial charge on any atom is -0.463 e. The molecule has 0 saturated carbocycles. The van der Waals surface area contributed by atoms with E-state index in [0.717, 1.165) is 6.07 Å². The molecule has 2 aromatic rings. The number of halogens is 1. The third kappa shape index (κ3) is 5.74. The first-order chi connectivity index (χ1) is 14.1. The van der Waals surface area contributed by atoms with Gasteiger partial charge in [0, 0.05) is 17.7 Å². The van der Waals surface area contributed by atoms with Gasteiger partial charge in [-0.15, -0.1) is 0 Å². The van der Waals surface area contributed by atoms with Crippen LogP contribution in [-0.2, 0) is 9.53 Å². The lowest BCUT2D eigenvalue weighted by Gasteiger charge is -2.19. The van der Waals surface area contributed by atoms with Crippen LogP contribution in [0.1, 0.15) is 42.2 Å². The Bertz CT molecular complexity index is 994. The lowest BCUT2D eigenvalue weighted by atomic mass is 10.0. The van der Waals surface area contributed by atoms with Gasteiger partial charge in [0.1, 0.15) is 5.02 Å². The smallest absolute Gasteiger partial charge is 0.308 e. The SMILES string of the molecule is CC(C)OC(=O)CC(NC(=O)c1ccc(Cl)c([N+](=O)[O-])c1)c1ccccc1[N+](=O)[O-]. The van der Waals surface area contributed by atoms with Gasteiger partial charge in [0.25, 0.3) is 17.3 Å². The molecule has 2 aromatic carbocycles. The van der Waals surface area contributed by atoms with Gasteiger partial charge in [-0.05, 0) is 26.0 Å². The highest BCUT2D eigenvalue weighted by Gasteiger charge is 2.27. The third-order valence-corrected chi connectivity index (χ3v) is 4.28. The molecule has 2 rings (SSSR count). The Balaban J connectivity index is 2.39. The summed E-state index contributed by atoms with van der Waals surface area (Å²) < 4.78 is 5.09. The Kier molecular flexibility index (Phi) is 7.43. The number of amides is 1. The Labute approximate surface area is 176 Å². The summed E-state index contributed by atoms with van der Waals surface area (Å²) in [5.74, 6) is -1.44. The van der Waals surface area contributed by atoms with Crippen molar-refractivity contribution in [3.8, 4) is 0 Å². The van der Waals surface area contributed by atoms with Crippen molar-refractivity contribution in [3.63, 3.8) is 0 Å². The lowest BCUT2D eigenvalue weighted by Crippen LogP contribution is -2.31. The maximum Gasteiger partial charge on any atom is 0.308 e. The Morgan fingerprint density at radius 3 is 2.30 bits per heavy atom. The molecule has 0 heterocycles. The van der Waals surface area contributed by atoms with Crippen LogP contribution < -0.4 is 5.32 Å². The van der Waals surface area contributed by atoms with Crippen LogP contribution in [0.3, 0.4) is 0 Å².